The number of rotatable bonds is 6. The topological polar surface area (TPSA) is 62.7 Å². The van der Waals surface area contributed by atoms with Crippen molar-refractivity contribution in [3.05, 3.63) is 66.1 Å². The first-order chi connectivity index (χ1) is 11.7. The summed E-state index contributed by atoms with van der Waals surface area (Å²) in [5, 5.41) is 6.37. The second-order valence-corrected chi connectivity index (χ2v) is 5.19. The number of anilines is 2. The van der Waals surface area contributed by atoms with Crippen LogP contribution in [0.2, 0.25) is 0 Å². The molecular weight excluding hydrogens is 305 g/mol. The summed E-state index contributed by atoms with van der Waals surface area (Å²) in [7, 11) is 0. The number of pyridine rings is 1. The fourth-order valence-corrected chi connectivity index (χ4v) is 2.22. The molecule has 0 spiro atoms. The van der Waals surface area contributed by atoms with E-state index in [1.54, 1.807) is 18.3 Å². The van der Waals surface area contributed by atoms with Crippen molar-refractivity contribution >= 4 is 11.8 Å². The molecule has 5 nitrogen and oxygen atoms in total. The van der Waals surface area contributed by atoms with Gasteiger partial charge < -0.3 is 10.6 Å². The van der Waals surface area contributed by atoms with Gasteiger partial charge >= 0.3 is 0 Å². The second kappa shape index (κ2) is 7.50. The number of nitrogens with zero attached hydrogens (tertiary/aromatic N) is 3. The molecule has 2 aromatic heterocycles. The van der Waals surface area contributed by atoms with E-state index < -0.39 is 0 Å². The Balaban J connectivity index is 1.83. The maximum atomic E-state index is 13.0. The highest BCUT2D eigenvalue weighted by molar-refractivity contribution is 5.60. The Kier molecular flexibility index (Phi) is 4.96. The van der Waals surface area contributed by atoms with Crippen LogP contribution in [0.15, 0.2) is 54.7 Å². The standard InChI is InChI=1S/C18H18FN5/c1-2-20-18-23-16(15-5-3-4-10-21-15)11-17(24-18)22-12-13-6-8-14(19)9-7-13/h3-11H,2,12H2,1H3,(H2,20,22,23,24). The Morgan fingerprint density at radius 1 is 0.958 bits per heavy atom. The van der Waals surface area contributed by atoms with Crippen LogP contribution in [0.5, 0.6) is 0 Å². The molecule has 6 heteroatoms. The lowest BCUT2D eigenvalue weighted by atomic mass is 10.2. The number of hydrogen-bond donors (Lipinski definition) is 2. The fraction of sp³-hybridized carbons (Fsp3) is 0.167. The van der Waals surface area contributed by atoms with Crippen LogP contribution in [-0.4, -0.2) is 21.5 Å². The molecular formula is C18H18FN5. The molecule has 2 heterocycles. The van der Waals surface area contributed by atoms with Crippen molar-refractivity contribution < 1.29 is 4.39 Å². The molecule has 0 aliphatic rings. The third kappa shape index (κ3) is 4.04. The third-order valence-corrected chi connectivity index (χ3v) is 3.38. The number of nitrogens with one attached hydrogen (secondary N) is 2. The van der Waals surface area contributed by atoms with Crippen molar-refractivity contribution in [3.8, 4) is 11.4 Å². The molecule has 3 aromatic rings. The van der Waals surface area contributed by atoms with Gasteiger partial charge in [0, 0.05) is 25.4 Å². The zero-order valence-electron chi connectivity index (χ0n) is 13.3. The molecule has 1 aromatic carbocycles. The monoisotopic (exact) mass is 323 g/mol. The summed E-state index contributed by atoms with van der Waals surface area (Å²) in [5.41, 5.74) is 2.49. The van der Waals surface area contributed by atoms with Crippen LogP contribution in [0.3, 0.4) is 0 Å². The van der Waals surface area contributed by atoms with Crippen molar-refractivity contribution in [2.45, 2.75) is 13.5 Å². The molecule has 0 saturated heterocycles. The van der Waals surface area contributed by atoms with Gasteiger partial charge in [0.2, 0.25) is 5.95 Å². The fourth-order valence-electron chi connectivity index (χ4n) is 2.22. The van der Waals surface area contributed by atoms with Crippen LogP contribution >= 0.6 is 0 Å². The Bertz CT molecular complexity index is 790. The molecule has 24 heavy (non-hydrogen) atoms. The van der Waals surface area contributed by atoms with Crippen LogP contribution in [0.4, 0.5) is 16.2 Å². The molecule has 0 bridgehead atoms. The van der Waals surface area contributed by atoms with E-state index in [0.29, 0.717) is 18.3 Å². The van der Waals surface area contributed by atoms with Gasteiger partial charge in [-0.05, 0) is 36.8 Å². The van der Waals surface area contributed by atoms with Gasteiger partial charge in [-0.25, -0.2) is 9.37 Å². The van der Waals surface area contributed by atoms with Crippen molar-refractivity contribution in [2.24, 2.45) is 0 Å². The highest BCUT2D eigenvalue weighted by Crippen LogP contribution is 2.20. The van der Waals surface area contributed by atoms with Crippen molar-refractivity contribution in [1.82, 2.24) is 15.0 Å². The molecule has 0 amide bonds. The Morgan fingerprint density at radius 2 is 1.79 bits per heavy atom. The average molecular weight is 323 g/mol. The van der Waals surface area contributed by atoms with Gasteiger partial charge in [0.25, 0.3) is 0 Å². The van der Waals surface area contributed by atoms with Crippen LogP contribution in [-0.2, 0) is 6.54 Å². The van der Waals surface area contributed by atoms with Crippen molar-refractivity contribution in [3.63, 3.8) is 0 Å². The van der Waals surface area contributed by atoms with E-state index in [9.17, 15) is 4.39 Å². The minimum Gasteiger partial charge on any atom is -0.366 e. The van der Waals surface area contributed by atoms with E-state index in [0.717, 1.165) is 23.5 Å². The Labute approximate surface area is 140 Å². The van der Waals surface area contributed by atoms with Crippen LogP contribution in [0, 0.1) is 5.82 Å². The highest BCUT2D eigenvalue weighted by Gasteiger charge is 2.07. The van der Waals surface area contributed by atoms with Gasteiger partial charge in [-0.3, -0.25) is 4.98 Å². The molecule has 0 aliphatic heterocycles. The normalized spacial score (nSPS) is 10.4. The van der Waals surface area contributed by atoms with Crippen LogP contribution in [0.1, 0.15) is 12.5 Å². The molecule has 0 fully saturated rings. The number of aromatic nitrogens is 3. The molecule has 0 saturated carbocycles. The SMILES string of the molecule is CCNc1nc(NCc2ccc(F)cc2)cc(-c2ccccn2)n1. The minimum atomic E-state index is -0.243. The van der Waals surface area contributed by atoms with Gasteiger partial charge in [-0.2, -0.15) is 4.98 Å². The first-order valence-corrected chi connectivity index (χ1v) is 7.77. The maximum absolute atomic E-state index is 13.0. The van der Waals surface area contributed by atoms with Gasteiger partial charge in [0.15, 0.2) is 0 Å². The van der Waals surface area contributed by atoms with Crippen molar-refractivity contribution in [2.75, 3.05) is 17.2 Å². The third-order valence-electron chi connectivity index (χ3n) is 3.38. The summed E-state index contributed by atoms with van der Waals surface area (Å²) < 4.78 is 13.0. The first-order valence-electron chi connectivity index (χ1n) is 7.77. The van der Waals surface area contributed by atoms with Crippen LogP contribution < -0.4 is 10.6 Å². The van der Waals surface area contributed by atoms with E-state index in [4.69, 9.17) is 0 Å². The van der Waals surface area contributed by atoms with Gasteiger partial charge in [-0.1, -0.05) is 18.2 Å². The Hall–Kier alpha value is -3.02. The molecule has 0 radical (unpaired) electrons. The minimum absolute atomic E-state index is 0.243. The van der Waals surface area contributed by atoms with Gasteiger partial charge in [-0.15, -0.1) is 0 Å². The maximum Gasteiger partial charge on any atom is 0.225 e. The summed E-state index contributed by atoms with van der Waals surface area (Å²) in [6.45, 7) is 3.26. The lowest BCUT2D eigenvalue weighted by Gasteiger charge is -2.10. The number of halogens is 1. The largest absolute Gasteiger partial charge is 0.366 e. The smallest absolute Gasteiger partial charge is 0.225 e. The lowest BCUT2D eigenvalue weighted by Crippen LogP contribution is -2.07. The lowest BCUT2D eigenvalue weighted by molar-refractivity contribution is 0.627. The zero-order valence-corrected chi connectivity index (χ0v) is 13.3. The number of benzene rings is 1. The van der Waals surface area contributed by atoms with E-state index in [2.05, 4.69) is 25.6 Å². The van der Waals surface area contributed by atoms with Gasteiger partial charge in [0.05, 0.1) is 11.4 Å². The van der Waals surface area contributed by atoms with Gasteiger partial charge in [0.1, 0.15) is 11.6 Å². The predicted molar refractivity (Wildman–Crippen MR) is 93.2 cm³/mol. The second-order valence-electron chi connectivity index (χ2n) is 5.19. The molecule has 0 aliphatic carbocycles. The average Bonchev–Trinajstić information content (AvgIpc) is 2.62. The van der Waals surface area contributed by atoms with E-state index in [-0.39, 0.29) is 5.82 Å². The summed E-state index contributed by atoms with van der Waals surface area (Å²) in [6, 6.07) is 13.9. The summed E-state index contributed by atoms with van der Waals surface area (Å²) in [5.74, 6) is 0.987. The van der Waals surface area contributed by atoms with Crippen LogP contribution in [0.25, 0.3) is 11.4 Å². The van der Waals surface area contributed by atoms with E-state index >= 15 is 0 Å². The molecule has 2 N–H and O–H groups in total. The summed E-state index contributed by atoms with van der Waals surface area (Å²) in [4.78, 5) is 13.3. The molecule has 0 unspecified atom stereocenters. The summed E-state index contributed by atoms with van der Waals surface area (Å²) >= 11 is 0. The summed E-state index contributed by atoms with van der Waals surface area (Å²) in [6.07, 6.45) is 1.73. The van der Waals surface area contributed by atoms with E-state index in [1.165, 1.54) is 12.1 Å². The first kappa shape index (κ1) is 15.9. The molecule has 0 atom stereocenters. The highest BCUT2D eigenvalue weighted by atomic mass is 19.1. The van der Waals surface area contributed by atoms with Crippen molar-refractivity contribution in [1.29, 1.82) is 0 Å². The molecule has 122 valence electrons. The quantitative estimate of drug-likeness (QED) is 0.724. The molecule has 3 rings (SSSR count). The zero-order chi connectivity index (χ0) is 16.8. The number of hydrogen-bond acceptors (Lipinski definition) is 5. The van der Waals surface area contributed by atoms with E-state index in [1.807, 2.05) is 31.2 Å². The predicted octanol–water partition coefficient (Wildman–Crippen LogP) is 3.72. The Morgan fingerprint density at radius 3 is 2.50 bits per heavy atom.